The number of hydrogen-bond acceptors (Lipinski definition) is 4. The zero-order chi connectivity index (χ0) is 15.3. The van der Waals surface area contributed by atoms with E-state index >= 15 is 0 Å². The van der Waals surface area contributed by atoms with E-state index in [1.807, 2.05) is 10.7 Å². The molecule has 0 spiro atoms. The quantitative estimate of drug-likeness (QED) is 0.878. The first-order chi connectivity index (χ1) is 10.6. The van der Waals surface area contributed by atoms with E-state index in [1.54, 1.807) is 0 Å². The largest absolute Gasteiger partial charge is 0.328 e. The fourth-order valence-corrected chi connectivity index (χ4v) is 3.50. The summed E-state index contributed by atoms with van der Waals surface area (Å²) in [6, 6.07) is 8.10. The Labute approximate surface area is 129 Å². The number of nitrogens with zero attached hydrogens (tertiary/aromatic N) is 3. The molecule has 0 fully saturated rings. The lowest BCUT2D eigenvalue weighted by molar-refractivity contribution is -0.117. The number of aryl methyl sites for hydroxylation is 1. The number of carbonyl (C=O) groups excluding carboxylic acids is 1. The zero-order valence-corrected chi connectivity index (χ0v) is 12.7. The molecule has 2 heterocycles. The van der Waals surface area contributed by atoms with Crippen molar-refractivity contribution in [1.29, 1.82) is 0 Å². The summed E-state index contributed by atoms with van der Waals surface area (Å²) in [5.74, 6) is 1.30. The number of benzene rings is 1. The van der Waals surface area contributed by atoms with Crippen molar-refractivity contribution in [3.8, 4) is 0 Å². The molecule has 0 amide bonds. The summed E-state index contributed by atoms with van der Waals surface area (Å²) in [4.78, 5) is 17.0. The fraction of sp³-hybridized carbons (Fsp3) is 0.353. The van der Waals surface area contributed by atoms with Gasteiger partial charge in [-0.15, -0.1) is 0 Å². The molecule has 0 saturated heterocycles. The first-order valence-electron chi connectivity index (χ1n) is 7.63. The minimum atomic E-state index is -0.173. The van der Waals surface area contributed by atoms with Crippen LogP contribution in [0.15, 0.2) is 41.9 Å². The highest BCUT2D eigenvalue weighted by atomic mass is 16.1. The molecule has 5 nitrogen and oxygen atoms in total. The third-order valence-corrected chi connectivity index (χ3v) is 4.42. The van der Waals surface area contributed by atoms with E-state index < -0.39 is 0 Å². The van der Waals surface area contributed by atoms with Crippen LogP contribution in [0.25, 0.3) is 0 Å². The van der Waals surface area contributed by atoms with Crippen molar-refractivity contribution in [2.45, 2.75) is 32.7 Å². The molecule has 1 aromatic carbocycles. The lowest BCUT2D eigenvalue weighted by Crippen LogP contribution is -2.33. The number of anilines is 1. The number of allylic oxidation sites excluding steroid dienone is 2. The number of fused-ring (bicyclic) bond motifs is 1. The van der Waals surface area contributed by atoms with Crippen molar-refractivity contribution in [3.63, 3.8) is 0 Å². The van der Waals surface area contributed by atoms with Crippen LogP contribution in [-0.4, -0.2) is 20.5 Å². The number of carbonyl (C=O) groups is 1. The van der Waals surface area contributed by atoms with Crippen molar-refractivity contribution >= 4 is 11.7 Å². The number of aromatic nitrogens is 3. The van der Waals surface area contributed by atoms with Gasteiger partial charge in [0, 0.05) is 17.7 Å². The van der Waals surface area contributed by atoms with Gasteiger partial charge in [0.2, 0.25) is 5.95 Å². The lowest BCUT2D eigenvalue weighted by Gasteiger charge is -2.34. The third-order valence-electron chi connectivity index (χ3n) is 4.42. The third kappa shape index (κ3) is 1.96. The Hall–Kier alpha value is -2.43. The molecule has 112 valence electrons. The molecule has 2 aromatic rings. The van der Waals surface area contributed by atoms with Gasteiger partial charge < -0.3 is 5.32 Å². The minimum absolute atomic E-state index is 0.173. The number of Topliss-reactive ketones (excluding diaryl/α,β-unsaturated/α-hetero) is 1. The Kier molecular flexibility index (Phi) is 2.89. The molecule has 0 unspecified atom stereocenters. The van der Waals surface area contributed by atoms with Crippen LogP contribution < -0.4 is 5.32 Å². The lowest BCUT2D eigenvalue weighted by atomic mass is 9.81. The van der Waals surface area contributed by atoms with E-state index in [-0.39, 0.29) is 11.8 Å². The summed E-state index contributed by atoms with van der Waals surface area (Å²) < 4.78 is 1.82. The fourth-order valence-electron chi connectivity index (χ4n) is 3.50. The van der Waals surface area contributed by atoms with Gasteiger partial charge in [0.1, 0.15) is 12.4 Å². The van der Waals surface area contributed by atoms with Gasteiger partial charge in [0.15, 0.2) is 5.78 Å². The molecule has 1 aliphatic heterocycles. The van der Waals surface area contributed by atoms with Crippen LogP contribution in [0, 0.1) is 12.8 Å². The van der Waals surface area contributed by atoms with Gasteiger partial charge in [-0.3, -0.25) is 4.79 Å². The highest BCUT2D eigenvalue weighted by molar-refractivity contribution is 5.99. The number of ketones is 1. The average Bonchev–Trinajstić information content (AvgIpc) is 2.92. The van der Waals surface area contributed by atoms with Crippen LogP contribution in [0.5, 0.6) is 0 Å². The van der Waals surface area contributed by atoms with E-state index in [4.69, 9.17) is 0 Å². The molecule has 1 aromatic heterocycles. The zero-order valence-electron chi connectivity index (χ0n) is 12.7. The molecular weight excluding hydrogens is 276 g/mol. The SMILES string of the molecule is Cc1cccc([C@@H]2C3=C(C[C@@H](C)CC3=O)Nc3ncnn32)c1. The second-order valence-electron chi connectivity index (χ2n) is 6.30. The van der Waals surface area contributed by atoms with E-state index in [9.17, 15) is 4.79 Å². The summed E-state index contributed by atoms with van der Waals surface area (Å²) in [5.41, 5.74) is 4.12. The Bertz CT molecular complexity index is 789. The second kappa shape index (κ2) is 4.80. The molecule has 0 radical (unpaired) electrons. The number of rotatable bonds is 1. The molecule has 1 N–H and O–H groups in total. The van der Waals surface area contributed by atoms with Crippen LogP contribution in [0.2, 0.25) is 0 Å². The average molecular weight is 294 g/mol. The van der Waals surface area contributed by atoms with Crippen LogP contribution >= 0.6 is 0 Å². The normalized spacial score (nSPS) is 23.8. The maximum absolute atomic E-state index is 12.7. The van der Waals surface area contributed by atoms with Gasteiger partial charge >= 0.3 is 0 Å². The van der Waals surface area contributed by atoms with Crippen LogP contribution in [0.3, 0.4) is 0 Å². The van der Waals surface area contributed by atoms with Gasteiger partial charge in [-0.1, -0.05) is 36.8 Å². The van der Waals surface area contributed by atoms with Gasteiger partial charge in [0.25, 0.3) is 0 Å². The first kappa shape index (κ1) is 13.2. The Balaban J connectivity index is 1.92. The molecule has 22 heavy (non-hydrogen) atoms. The molecule has 0 saturated carbocycles. The molecule has 1 aliphatic carbocycles. The Morgan fingerprint density at radius 3 is 3.00 bits per heavy atom. The topological polar surface area (TPSA) is 59.8 Å². The molecule has 2 atom stereocenters. The van der Waals surface area contributed by atoms with Crippen molar-refractivity contribution < 1.29 is 4.79 Å². The second-order valence-corrected chi connectivity index (χ2v) is 6.30. The molecule has 0 bridgehead atoms. The van der Waals surface area contributed by atoms with E-state index in [0.717, 1.165) is 23.3 Å². The van der Waals surface area contributed by atoms with Crippen LogP contribution in [0.4, 0.5) is 5.95 Å². The summed E-state index contributed by atoms with van der Waals surface area (Å²) >= 11 is 0. The Morgan fingerprint density at radius 1 is 1.32 bits per heavy atom. The highest BCUT2D eigenvalue weighted by Gasteiger charge is 2.37. The van der Waals surface area contributed by atoms with E-state index in [1.165, 1.54) is 11.9 Å². The summed E-state index contributed by atoms with van der Waals surface area (Å²) in [7, 11) is 0. The molecule has 5 heteroatoms. The van der Waals surface area contributed by atoms with E-state index in [0.29, 0.717) is 18.3 Å². The standard InChI is InChI=1S/C17H18N4O/c1-10-4-3-5-12(6-10)16-15-13(7-11(2)8-14(15)22)20-17-18-9-19-21(16)17/h3-6,9,11,16H,7-8H2,1-2H3,(H,18,19,20)/t11-,16-/m1/s1. The van der Waals surface area contributed by atoms with Crippen molar-refractivity contribution in [1.82, 2.24) is 14.8 Å². The van der Waals surface area contributed by atoms with Gasteiger partial charge in [-0.05, 0) is 24.8 Å². The highest BCUT2D eigenvalue weighted by Crippen LogP contribution is 2.40. The maximum atomic E-state index is 12.7. The summed E-state index contributed by atoms with van der Waals surface area (Å²) in [6.45, 7) is 4.18. The minimum Gasteiger partial charge on any atom is -0.328 e. The van der Waals surface area contributed by atoms with Crippen molar-refractivity contribution in [3.05, 3.63) is 53.0 Å². The van der Waals surface area contributed by atoms with Gasteiger partial charge in [-0.25, -0.2) is 4.68 Å². The van der Waals surface area contributed by atoms with Gasteiger partial charge in [0.05, 0.1) is 0 Å². The van der Waals surface area contributed by atoms with Crippen molar-refractivity contribution in [2.75, 3.05) is 5.32 Å². The summed E-state index contributed by atoms with van der Waals surface area (Å²) in [5, 5.41) is 7.65. The molecular formula is C17H18N4O. The predicted octanol–water partition coefficient (Wildman–Crippen LogP) is 2.85. The molecule has 4 rings (SSSR count). The molecule has 2 aliphatic rings. The summed E-state index contributed by atoms with van der Waals surface area (Å²) in [6.07, 6.45) is 3.03. The Morgan fingerprint density at radius 2 is 2.18 bits per heavy atom. The van der Waals surface area contributed by atoms with E-state index in [2.05, 4.69) is 47.4 Å². The van der Waals surface area contributed by atoms with Gasteiger partial charge in [-0.2, -0.15) is 10.1 Å². The van der Waals surface area contributed by atoms with Crippen LogP contribution in [0.1, 0.15) is 36.9 Å². The van der Waals surface area contributed by atoms with Crippen molar-refractivity contribution in [2.24, 2.45) is 5.92 Å². The maximum Gasteiger partial charge on any atom is 0.226 e. The predicted molar refractivity (Wildman–Crippen MR) is 83.4 cm³/mol. The number of nitrogens with one attached hydrogen (secondary N) is 1. The van der Waals surface area contributed by atoms with Crippen LogP contribution in [-0.2, 0) is 4.79 Å². The monoisotopic (exact) mass is 294 g/mol. The first-order valence-corrected chi connectivity index (χ1v) is 7.63. The smallest absolute Gasteiger partial charge is 0.226 e. The number of hydrogen-bond donors (Lipinski definition) is 1.